The van der Waals surface area contributed by atoms with Crippen molar-refractivity contribution < 1.29 is 23.9 Å². The lowest BCUT2D eigenvalue weighted by Crippen LogP contribution is -2.44. The summed E-state index contributed by atoms with van der Waals surface area (Å²) in [5.41, 5.74) is 6.29. The third-order valence-corrected chi connectivity index (χ3v) is 3.42. The number of amides is 2. The largest absolute Gasteiger partial charge is 0.496 e. The zero-order valence-corrected chi connectivity index (χ0v) is 11.8. The van der Waals surface area contributed by atoms with Crippen LogP contribution in [0.25, 0.3) is 0 Å². The van der Waals surface area contributed by atoms with Gasteiger partial charge >= 0.3 is 5.97 Å². The van der Waals surface area contributed by atoms with E-state index in [9.17, 15) is 14.4 Å². The number of esters is 1. The Morgan fingerprint density at radius 1 is 1.38 bits per heavy atom. The molecule has 2 rings (SSSR count). The van der Waals surface area contributed by atoms with Crippen LogP contribution < -0.4 is 10.5 Å². The van der Waals surface area contributed by atoms with E-state index in [1.807, 2.05) is 0 Å². The summed E-state index contributed by atoms with van der Waals surface area (Å²) in [4.78, 5) is 36.7. The van der Waals surface area contributed by atoms with Crippen LogP contribution in [-0.2, 0) is 20.9 Å². The predicted octanol–water partition coefficient (Wildman–Crippen LogP) is 0.0680. The fraction of sp³-hybridized carbons (Fsp3) is 0.357. The van der Waals surface area contributed by atoms with Crippen molar-refractivity contribution in [1.29, 1.82) is 0 Å². The first-order valence-corrected chi connectivity index (χ1v) is 6.32. The Hall–Kier alpha value is -2.57. The number of hydrogen-bond acceptors (Lipinski definition) is 5. The lowest BCUT2D eigenvalue weighted by molar-refractivity contribution is -0.147. The van der Waals surface area contributed by atoms with E-state index in [2.05, 4.69) is 4.74 Å². The molecule has 0 radical (unpaired) electrons. The molecule has 0 saturated heterocycles. The van der Waals surface area contributed by atoms with Crippen molar-refractivity contribution in [2.45, 2.75) is 19.0 Å². The molecule has 7 heteroatoms. The van der Waals surface area contributed by atoms with Crippen molar-refractivity contribution in [3.05, 3.63) is 29.3 Å². The number of carbonyl (C=O) groups is 3. The summed E-state index contributed by atoms with van der Waals surface area (Å²) in [6, 6.07) is 4.05. The molecule has 7 nitrogen and oxygen atoms in total. The van der Waals surface area contributed by atoms with E-state index in [-0.39, 0.29) is 18.9 Å². The second-order valence-corrected chi connectivity index (χ2v) is 4.63. The molecule has 0 saturated carbocycles. The summed E-state index contributed by atoms with van der Waals surface area (Å²) in [5.74, 6) is -1.14. The number of rotatable bonds is 5. The van der Waals surface area contributed by atoms with Crippen molar-refractivity contribution in [2.24, 2.45) is 5.73 Å². The smallest absolute Gasteiger partial charge is 0.329 e. The monoisotopic (exact) mass is 292 g/mol. The van der Waals surface area contributed by atoms with Crippen LogP contribution in [0, 0.1) is 0 Å². The van der Waals surface area contributed by atoms with E-state index in [0.717, 1.165) is 0 Å². The molecule has 21 heavy (non-hydrogen) atoms. The van der Waals surface area contributed by atoms with Gasteiger partial charge in [-0.2, -0.15) is 0 Å². The Morgan fingerprint density at radius 2 is 2.10 bits per heavy atom. The van der Waals surface area contributed by atoms with Crippen LogP contribution in [0.3, 0.4) is 0 Å². The number of ether oxygens (including phenoxy) is 2. The molecule has 2 amide bonds. The summed E-state index contributed by atoms with van der Waals surface area (Å²) in [6.45, 7) is 0.172. The van der Waals surface area contributed by atoms with Gasteiger partial charge in [0, 0.05) is 11.1 Å². The second-order valence-electron chi connectivity index (χ2n) is 4.63. The van der Waals surface area contributed by atoms with Gasteiger partial charge in [0.15, 0.2) is 0 Å². The average molecular weight is 292 g/mol. The molecule has 1 atom stereocenters. The number of nitrogens with two attached hydrogens (primary N) is 1. The van der Waals surface area contributed by atoms with Gasteiger partial charge in [-0.1, -0.05) is 6.07 Å². The van der Waals surface area contributed by atoms with Crippen molar-refractivity contribution in [3.63, 3.8) is 0 Å². The highest BCUT2D eigenvalue weighted by atomic mass is 16.5. The predicted molar refractivity (Wildman–Crippen MR) is 72.5 cm³/mol. The first kappa shape index (κ1) is 14.8. The average Bonchev–Trinajstić information content (AvgIpc) is 2.81. The molecule has 2 N–H and O–H groups in total. The Bertz CT molecular complexity index is 599. The fourth-order valence-electron chi connectivity index (χ4n) is 2.42. The summed E-state index contributed by atoms with van der Waals surface area (Å²) in [7, 11) is 2.70. The Kier molecular flexibility index (Phi) is 4.11. The lowest BCUT2D eigenvalue weighted by atomic mass is 10.1. The first-order valence-electron chi connectivity index (χ1n) is 6.32. The highest BCUT2D eigenvalue weighted by Gasteiger charge is 2.39. The molecule has 0 aromatic heterocycles. The molecule has 1 aromatic carbocycles. The van der Waals surface area contributed by atoms with E-state index in [4.69, 9.17) is 10.5 Å². The van der Waals surface area contributed by atoms with Crippen LogP contribution in [0.15, 0.2) is 18.2 Å². The molecule has 112 valence electrons. The summed E-state index contributed by atoms with van der Waals surface area (Å²) < 4.78 is 9.87. The first-order chi connectivity index (χ1) is 9.99. The van der Waals surface area contributed by atoms with Gasteiger partial charge in [0.1, 0.15) is 11.8 Å². The van der Waals surface area contributed by atoms with Crippen LogP contribution >= 0.6 is 0 Å². The normalized spacial score (nSPS) is 14.6. The summed E-state index contributed by atoms with van der Waals surface area (Å²) in [5, 5.41) is 0. The van der Waals surface area contributed by atoms with Crippen molar-refractivity contribution in [2.75, 3.05) is 14.2 Å². The van der Waals surface area contributed by atoms with Gasteiger partial charge in [-0.25, -0.2) is 4.79 Å². The zero-order valence-electron chi connectivity index (χ0n) is 11.8. The van der Waals surface area contributed by atoms with E-state index in [0.29, 0.717) is 16.9 Å². The number of fused-ring (bicyclic) bond motifs is 1. The van der Waals surface area contributed by atoms with Crippen LogP contribution in [0.4, 0.5) is 0 Å². The van der Waals surface area contributed by atoms with E-state index in [1.54, 1.807) is 18.2 Å². The van der Waals surface area contributed by atoms with Gasteiger partial charge in [0.05, 0.1) is 27.2 Å². The maximum atomic E-state index is 12.4. The molecule has 0 fully saturated rings. The summed E-state index contributed by atoms with van der Waals surface area (Å²) >= 11 is 0. The minimum Gasteiger partial charge on any atom is -0.496 e. The highest BCUT2D eigenvalue weighted by Crippen LogP contribution is 2.32. The van der Waals surface area contributed by atoms with Crippen LogP contribution in [0.1, 0.15) is 22.3 Å². The highest BCUT2D eigenvalue weighted by molar-refractivity contribution is 6.02. The zero-order chi connectivity index (χ0) is 15.6. The quantitative estimate of drug-likeness (QED) is 0.774. The molecule has 0 spiro atoms. The molecule has 1 aromatic rings. The molecule has 0 unspecified atom stereocenters. The second kappa shape index (κ2) is 5.82. The molecule has 1 heterocycles. The Balaban J connectivity index is 2.35. The van der Waals surface area contributed by atoms with E-state index >= 15 is 0 Å². The van der Waals surface area contributed by atoms with Gasteiger partial charge in [-0.15, -0.1) is 0 Å². The summed E-state index contributed by atoms with van der Waals surface area (Å²) in [6.07, 6.45) is -0.283. The lowest BCUT2D eigenvalue weighted by Gasteiger charge is -2.24. The molecular weight excluding hydrogens is 276 g/mol. The number of benzene rings is 1. The van der Waals surface area contributed by atoms with Crippen molar-refractivity contribution in [3.8, 4) is 5.75 Å². The number of primary amides is 1. The van der Waals surface area contributed by atoms with Gasteiger partial charge in [-0.05, 0) is 12.1 Å². The van der Waals surface area contributed by atoms with Crippen LogP contribution in [0.2, 0.25) is 0 Å². The maximum absolute atomic E-state index is 12.4. The van der Waals surface area contributed by atoms with E-state index in [1.165, 1.54) is 19.1 Å². The van der Waals surface area contributed by atoms with Crippen LogP contribution in [0.5, 0.6) is 5.75 Å². The molecule has 0 aliphatic carbocycles. The number of methoxy groups -OCH3 is 2. The van der Waals surface area contributed by atoms with Gasteiger partial charge in [-0.3, -0.25) is 9.59 Å². The van der Waals surface area contributed by atoms with Crippen molar-refractivity contribution >= 4 is 17.8 Å². The van der Waals surface area contributed by atoms with Crippen LogP contribution in [-0.4, -0.2) is 42.9 Å². The van der Waals surface area contributed by atoms with Gasteiger partial charge in [0.25, 0.3) is 5.91 Å². The number of hydrogen-bond donors (Lipinski definition) is 1. The Morgan fingerprint density at radius 3 is 2.67 bits per heavy atom. The minimum absolute atomic E-state index is 0.172. The fourth-order valence-corrected chi connectivity index (χ4v) is 2.42. The molecule has 1 aliphatic heterocycles. The topological polar surface area (TPSA) is 98.9 Å². The minimum atomic E-state index is -1.03. The molecular formula is C14H16N2O5. The standard InChI is InChI=1S/C14H16N2O5/c1-20-11-5-3-4-8-9(11)7-16(13(8)18)10(6-12(15)17)14(19)21-2/h3-5,10H,6-7H2,1-2H3,(H2,15,17)/t10-/m0/s1. The van der Waals surface area contributed by atoms with E-state index < -0.39 is 17.9 Å². The van der Waals surface area contributed by atoms with Gasteiger partial charge in [0.2, 0.25) is 5.91 Å². The molecule has 0 bridgehead atoms. The Labute approximate surface area is 121 Å². The number of carbonyl (C=O) groups excluding carboxylic acids is 3. The third kappa shape index (κ3) is 2.67. The number of nitrogens with zero attached hydrogens (tertiary/aromatic N) is 1. The van der Waals surface area contributed by atoms with Crippen molar-refractivity contribution in [1.82, 2.24) is 4.90 Å². The molecule has 1 aliphatic rings. The van der Waals surface area contributed by atoms with Gasteiger partial charge < -0.3 is 20.1 Å². The third-order valence-electron chi connectivity index (χ3n) is 3.42. The SMILES string of the molecule is COC(=O)[C@H](CC(N)=O)N1Cc2c(OC)cccc2C1=O. The maximum Gasteiger partial charge on any atom is 0.329 e.